The van der Waals surface area contributed by atoms with E-state index >= 15 is 0 Å². The number of nitrogens with zero attached hydrogens (tertiary/aromatic N) is 2. The molecule has 1 aromatic carbocycles. The molecule has 2 aromatic rings. The number of amides is 1. The van der Waals surface area contributed by atoms with Crippen molar-refractivity contribution in [1.82, 2.24) is 14.5 Å². The fourth-order valence-electron chi connectivity index (χ4n) is 2.94. The number of benzene rings is 1. The SMILES string of the molecule is CNC(=O)CCC(C=O)n1c(=O)n(C)c2cc(CCCC=O)ccc21. The highest BCUT2D eigenvalue weighted by molar-refractivity contribution is 5.79. The Morgan fingerprint density at radius 2 is 2.04 bits per heavy atom. The minimum absolute atomic E-state index is 0.169. The first-order valence-corrected chi connectivity index (χ1v) is 8.32. The summed E-state index contributed by atoms with van der Waals surface area (Å²) in [7, 11) is 3.20. The number of nitrogens with one attached hydrogen (secondary N) is 1. The van der Waals surface area contributed by atoms with Gasteiger partial charge in [0.05, 0.1) is 17.1 Å². The monoisotopic (exact) mass is 345 g/mol. The third-order valence-corrected chi connectivity index (χ3v) is 4.38. The molecule has 1 atom stereocenters. The second-order valence-corrected chi connectivity index (χ2v) is 6.01. The average Bonchev–Trinajstić information content (AvgIpc) is 2.87. The fourth-order valence-corrected chi connectivity index (χ4v) is 2.94. The van der Waals surface area contributed by atoms with Crippen LogP contribution in [-0.2, 0) is 27.9 Å². The van der Waals surface area contributed by atoms with Crippen molar-refractivity contribution < 1.29 is 14.4 Å². The summed E-state index contributed by atoms with van der Waals surface area (Å²) in [5.41, 5.74) is 2.16. The third-order valence-electron chi connectivity index (χ3n) is 4.38. The molecule has 0 spiro atoms. The Labute approximate surface area is 145 Å². The van der Waals surface area contributed by atoms with Crippen molar-refractivity contribution in [2.45, 2.75) is 38.1 Å². The molecule has 1 heterocycles. The number of hydrogen-bond donors (Lipinski definition) is 1. The molecule has 0 aliphatic rings. The molecular formula is C18H23N3O4. The van der Waals surface area contributed by atoms with Gasteiger partial charge in [0.15, 0.2) is 0 Å². The van der Waals surface area contributed by atoms with Crippen LogP contribution in [0, 0.1) is 0 Å². The highest BCUT2D eigenvalue weighted by Gasteiger charge is 2.19. The van der Waals surface area contributed by atoms with Gasteiger partial charge in [-0.2, -0.15) is 0 Å². The molecular weight excluding hydrogens is 322 g/mol. The van der Waals surface area contributed by atoms with Crippen LogP contribution in [0.3, 0.4) is 0 Å². The predicted octanol–water partition coefficient (Wildman–Crippen LogP) is 1.13. The largest absolute Gasteiger partial charge is 0.359 e. The van der Waals surface area contributed by atoms with Crippen molar-refractivity contribution in [2.75, 3.05) is 7.05 Å². The van der Waals surface area contributed by atoms with E-state index in [4.69, 9.17) is 0 Å². The van der Waals surface area contributed by atoms with E-state index in [9.17, 15) is 19.2 Å². The van der Waals surface area contributed by atoms with Gasteiger partial charge in [0.1, 0.15) is 12.6 Å². The quantitative estimate of drug-likeness (QED) is 0.545. The third kappa shape index (κ3) is 4.04. The maximum atomic E-state index is 12.6. The Balaban J connectivity index is 2.37. The lowest BCUT2D eigenvalue weighted by Gasteiger charge is -2.12. The van der Waals surface area contributed by atoms with Crippen molar-refractivity contribution in [3.63, 3.8) is 0 Å². The first-order valence-electron chi connectivity index (χ1n) is 8.32. The van der Waals surface area contributed by atoms with Crippen molar-refractivity contribution in [3.05, 3.63) is 34.2 Å². The molecule has 1 aromatic heterocycles. The molecule has 0 saturated carbocycles. The van der Waals surface area contributed by atoms with E-state index in [1.165, 1.54) is 16.2 Å². The van der Waals surface area contributed by atoms with Gasteiger partial charge in [-0.1, -0.05) is 6.07 Å². The predicted molar refractivity (Wildman–Crippen MR) is 94.6 cm³/mol. The minimum atomic E-state index is -0.686. The minimum Gasteiger partial charge on any atom is -0.359 e. The van der Waals surface area contributed by atoms with Crippen LogP contribution in [0.5, 0.6) is 0 Å². The van der Waals surface area contributed by atoms with Crippen LogP contribution in [0.25, 0.3) is 11.0 Å². The second kappa shape index (κ2) is 8.41. The maximum Gasteiger partial charge on any atom is 0.329 e. The van der Waals surface area contributed by atoms with Gasteiger partial charge in [-0.3, -0.25) is 13.9 Å². The van der Waals surface area contributed by atoms with Crippen LogP contribution in [0.2, 0.25) is 0 Å². The van der Waals surface area contributed by atoms with Gasteiger partial charge in [-0.15, -0.1) is 0 Å². The lowest BCUT2D eigenvalue weighted by Crippen LogP contribution is -2.28. The molecule has 0 bridgehead atoms. The van der Waals surface area contributed by atoms with E-state index in [1.807, 2.05) is 18.2 Å². The van der Waals surface area contributed by atoms with Crippen LogP contribution in [0.4, 0.5) is 0 Å². The number of aryl methyl sites for hydroxylation is 2. The van der Waals surface area contributed by atoms with Gasteiger partial charge in [0.2, 0.25) is 5.91 Å². The number of carbonyl (C=O) groups excluding carboxylic acids is 3. The van der Waals surface area contributed by atoms with Crippen molar-refractivity contribution in [3.8, 4) is 0 Å². The zero-order valence-electron chi connectivity index (χ0n) is 14.5. The average molecular weight is 345 g/mol. The molecule has 2 rings (SSSR count). The lowest BCUT2D eigenvalue weighted by molar-refractivity contribution is -0.121. The summed E-state index contributed by atoms with van der Waals surface area (Å²) in [6.07, 6.45) is 4.06. The number of fused-ring (bicyclic) bond motifs is 1. The van der Waals surface area contributed by atoms with Crippen LogP contribution in [0.1, 0.15) is 37.3 Å². The van der Waals surface area contributed by atoms with Gasteiger partial charge >= 0.3 is 5.69 Å². The number of hydrogen-bond acceptors (Lipinski definition) is 4. The molecule has 25 heavy (non-hydrogen) atoms. The lowest BCUT2D eigenvalue weighted by atomic mass is 10.1. The number of aldehydes is 2. The molecule has 0 aliphatic carbocycles. The fraction of sp³-hybridized carbons (Fsp3) is 0.444. The standard InChI is InChI=1S/C18H23N3O4/c1-19-17(24)9-7-14(12-23)21-15-8-6-13(5-3-4-10-22)11-16(15)20(2)18(21)25/h6,8,10-12,14H,3-5,7,9H2,1-2H3,(H,19,24). The molecule has 0 aliphatic heterocycles. The van der Waals surface area contributed by atoms with Crippen LogP contribution in [0.15, 0.2) is 23.0 Å². The van der Waals surface area contributed by atoms with Gasteiger partial charge in [0, 0.05) is 26.9 Å². The Bertz CT molecular complexity index is 835. The summed E-state index contributed by atoms with van der Waals surface area (Å²) in [6.45, 7) is 0. The smallest absolute Gasteiger partial charge is 0.329 e. The molecule has 1 unspecified atom stereocenters. The summed E-state index contributed by atoms with van der Waals surface area (Å²) >= 11 is 0. The molecule has 7 nitrogen and oxygen atoms in total. The van der Waals surface area contributed by atoms with Crippen molar-refractivity contribution in [1.29, 1.82) is 0 Å². The zero-order valence-corrected chi connectivity index (χ0v) is 14.5. The highest BCUT2D eigenvalue weighted by Crippen LogP contribution is 2.21. The summed E-state index contributed by atoms with van der Waals surface area (Å²) in [4.78, 5) is 46.0. The molecule has 0 radical (unpaired) electrons. The number of carbonyl (C=O) groups is 3. The molecule has 7 heteroatoms. The van der Waals surface area contributed by atoms with E-state index < -0.39 is 6.04 Å². The van der Waals surface area contributed by atoms with Crippen LogP contribution < -0.4 is 11.0 Å². The molecule has 134 valence electrons. The second-order valence-electron chi connectivity index (χ2n) is 6.01. The molecule has 0 saturated heterocycles. The maximum absolute atomic E-state index is 12.6. The van der Waals surface area contributed by atoms with Crippen molar-refractivity contribution >= 4 is 29.5 Å². The summed E-state index contributed by atoms with van der Waals surface area (Å²) in [6, 6.07) is 4.96. The topological polar surface area (TPSA) is 90.2 Å². The zero-order chi connectivity index (χ0) is 18.4. The normalized spacial score (nSPS) is 12.1. The van der Waals surface area contributed by atoms with Gasteiger partial charge < -0.3 is 14.9 Å². The van der Waals surface area contributed by atoms with Gasteiger partial charge in [0.25, 0.3) is 0 Å². The molecule has 1 amide bonds. The van der Waals surface area contributed by atoms with E-state index in [0.29, 0.717) is 18.2 Å². The highest BCUT2D eigenvalue weighted by atomic mass is 16.2. The van der Waals surface area contributed by atoms with Gasteiger partial charge in [-0.25, -0.2) is 4.79 Å². The van der Waals surface area contributed by atoms with E-state index in [2.05, 4.69) is 5.32 Å². The Kier molecular flexibility index (Phi) is 6.27. The van der Waals surface area contributed by atoms with Crippen molar-refractivity contribution in [2.24, 2.45) is 7.05 Å². The number of aromatic nitrogens is 2. The first-order chi connectivity index (χ1) is 12.0. The van der Waals surface area contributed by atoms with E-state index in [1.54, 1.807) is 7.05 Å². The Morgan fingerprint density at radius 1 is 1.28 bits per heavy atom. The first kappa shape index (κ1) is 18.6. The van der Waals surface area contributed by atoms with E-state index in [-0.39, 0.29) is 24.4 Å². The molecule has 0 fully saturated rings. The Hall–Kier alpha value is -2.70. The molecule has 1 N–H and O–H groups in total. The van der Waals surface area contributed by atoms with Crippen LogP contribution >= 0.6 is 0 Å². The van der Waals surface area contributed by atoms with Crippen LogP contribution in [-0.4, -0.2) is 34.7 Å². The number of imidazole rings is 1. The Morgan fingerprint density at radius 3 is 2.68 bits per heavy atom. The summed E-state index contributed by atoms with van der Waals surface area (Å²) in [5.74, 6) is -0.169. The summed E-state index contributed by atoms with van der Waals surface area (Å²) in [5, 5.41) is 2.51. The number of rotatable bonds is 9. The van der Waals surface area contributed by atoms with E-state index in [0.717, 1.165) is 30.2 Å². The number of unbranched alkanes of at least 4 members (excludes halogenated alkanes) is 1. The summed E-state index contributed by atoms with van der Waals surface area (Å²) < 4.78 is 2.95. The van der Waals surface area contributed by atoms with Gasteiger partial charge in [-0.05, 0) is 37.0 Å².